The fraction of sp³-hybridized carbons (Fsp3) is 0.562. The lowest BCUT2D eigenvalue weighted by atomic mass is 10.0. The molecular weight excluding hydrogens is 234 g/mol. The van der Waals surface area contributed by atoms with Crippen LogP contribution in [0.4, 0.5) is 0 Å². The third-order valence-corrected chi connectivity index (χ3v) is 3.87. The first-order valence-corrected chi connectivity index (χ1v) is 7.12. The molecule has 1 unspecified atom stereocenters. The van der Waals surface area contributed by atoms with Gasteiger partial charge in [0.25, 0.3) is 0 Å². The van der Waals surface area contributed by atoms with Crippen molar-refractivity contribution < 1.29 is 0 Å². The van der Waals surface area contributed by atoms with E-state index in [-0.39, 0.29) is 0 Å². The number of nitrogens with zero attached hydrogens (tertiary/aromatic N) is 2. The lowest BCUT2D eigenvalue weighted by Crippen LogP contribution is -2.50. The molecule has 19 heavy (non-hydrogen) atoms. The van der Waals surface area contributed by atoms with Crippen molar-refractivity contribution in [3.8, 4) is 6.07 Å². The van der Waals surface area contributed by atoms with Gasteiger partial charge in [0.2, 0.25) is 0 Å². The van der Waals surface area contributed by atoms with Gasteiger partial charge in [-0.3, -0.25) is 10.2 Å². The van der Waals surface area contributed by atoms with Gasteiger partial charge in [0.1, 0.15) is 5.54 Å². The number of hydrogen-bond acceptors (Lipinski definition) is 3. The molecule has 3 heteroatoms. The second-order valence-electron chi connectivity index (χ2n) is 5.52. The minimum Gasteiger partial charge on any atom is -0.300 e. The van der Waals surface area contributed by atoms with Crippen LogP contribution in [0.3, 0.4) is 0 Å². The number of fused-ring (bicyclic) bond motifs is 1. The fourth-order valence-electron chi connectivity index (χ4n) is 2.84. The number of benzene rings is 1. The Labute approximate surface area is 116 Å². The fourth-order valence-corrected chi connectivity index (χ4v) is 2.84. The van der Waals surface area contributed by atoms with Crippen molar-refractivity contribution in [1.29, 1.82) is 5.26 Å². The Morgan fingerprint density at radius 1 is 1.26 bits per heavy atom. The summed E-state index contributed by atoms with van der Waals surface area (Å²) < 4.78 is 0. The third-order valence-electron chi connectivity index (χ3n) is 3.87. The Balaban J connectivity index is 2.00. The van der Waals surface area contributed by atoms with Gasteiger partial charge in [-0.15, -0.1) is 0 Å². The van der Waals surface area contributed by atoms with Gasteiger partial charge >= 0.3 is 0 Å². The van der Waals surface area contributed by atoms with E-state index in [1.54, 1.807) is 0 Å². The Morgan fingerprint density at radius 3 is 2.32 bits per heavy atom. The SMILES string of the molecule is CCNC(C)(C#N)CN1CCc2ccccc2CC1. The molecule has 102 valence electrons. The molecule has 0 fully saturated rings. The maximum Gasteiger partial charge on any atom is 0.116 e. The Hall–Kier alpha value is -1.37. The van der Waals surface area contributed by atoms with E-state index >= 15 is 0 Å². The van der Waals surface area contributed by atoms with Gasteiger partial charge < -0.3 is 0 Å². The Kier molecular flexibility index (Phi) is 4.57. The average Bonchev–Trinajstić information content (AvgIpc) is 2.62. The van der Waals surface area contributed by atoms with Crippen LogP contribution in [-0.4, -0.2) is 36.6 Å². The van der Waals surface area contributed by atoms with E-state index in [1.807, 2.05) is 13.8 Å². The highest BCUT2D eigenvalue weighted by Gasteiger charge is 2.26. The maximum absolute atomic E-state index is 9.35. The van der Waals surface area contributed by atoms with E-state index in [0.29, 0.717) is 0 Å². The summed E-state index contributed by atoms with van der Waals surface area (Å²) >= 11 is 0. The van der Waals surface area contributed by atoms with Crippen molar-refractivity contribution in [3.05, 3.63) is 35.4 Å². The molecule has 0 spiro atoms. The molecule has 0 saturated heterocycles. The van der Waals surface area contributed by atoms with Gasteiger partial charge in [-0.05, 0) is 37.4 Å². The summed E-state index contributed by atoms with van der Waals surface area (Å²) in [7, 11) is 0. The van der Waals surface area contributed by atoms with Gasteiger partial charge in [0, 0.05) is 19.6 Å². The lowest BCUT2D eigenvalue weighted by Gasteiger charge is -2.30. The van der Waals surface area contributed by atoms with E-state index in [2.05, 4.69) is 40.6 Å². The van der Waals surface area contributed by atoms with Crippen molar-refractivity contribution in [1.82, 2.24) is 10.2 Å². The average molecular weight is 257 g/mol. The molecule has 0 bridgehead atoms. The molecule has 1 atom stereocenters. The van der Waals surface area contributed by atoms with Crippen LogP contribution < -0.4 is 5.32 Å². The molecule has 0 radical (unpaired) electrons. The molecule has 1 heterocycles. The summed E-state index contributed by atoms with van der Waals surface area (Å²) in [5.41, 5.74) is 2.49. The summed E-state index contributed by atoms with van der Waals surface area (Å²) in [4.78, 5) is 2.41. The van der Waals surface area contributed by atoms with Crippen LogP contribution >= 0.6 is 0 Å². The van der Waals surface area contributed by atoms with Crippen molar-refractivity contribution in [2.45, 2.75) is 32.2 Å². The number of nitriles is 1. The van der Waals surface area contributed by atoms with Crippen LogP contribution in [0.5, 0.6) is 0 Å². The monoisotopic (exact) mass is 257 g/mol. The number of nitrogens with one attached hydrogen (secondary N) is 1. The van der Waals surface area contributed by atoms with Crippen LogP contribution in [0.1, 0.15) is 25.0 Å². The lowest BCUT2D eigenvalue weighted by molar-refractivity contribution is 0.230. The van der Waals surface area contributed by atoms with Gasteiger partial charge in [0.15, 0.2) is 0 Å². The van der Waals surface area contributed by atoms with Gasteiger partial charge in [0.05, 0.1) is 6.07 Å². The van der Waals surface area contributed by atoms with E-state index in [1.165, 1.54) is 11.1 Å². The van der Waals surface area contributed by atoms with Crippen LogP contribution in [-0.2, 0) is 12.8 Å². The standard InChI is InChI=1S/C16H23N3/c1-3-18-16(2,12-17)13-19-10-8-14-6-4-5-7-15(14)9-11-19/h4-7,18H,3,8-11,13H2,1-2H3. The number of likely N-dealkylation sites (N-methyl/N-ethyl adjacent to an activating group) is 1. The van der Waals surface area contributed by atoms with Crippen molar-refractivity contribution in [3.63, 3.8) is 0 Å². The molecular formula is C16H23N3. The Bertz CT molecular complexity index is 436. The largest absolute Gasteiger partial charge is 0.300 e. The smallest absolute Gasteiger partial charge is 0.116 e. The summed E-state index contributed by atoms with van der Waals surface area (Å²) in [5.74, 6) is 0. The molecule has 0 aromatic heterocycles. The molecule has 1 aromatic carbocycles. The molecule has 1 aromatic rings. The second-order valence-corrected chi connectivity index (χ2v) is 5.52. The van der Waals surface area contributed by atoms with Crippen LogP contribution in [0.25, 0.3) is 0 Å². The second kappa shape index (κ2) is 6.18. The van der Waals surface area contributed by atoms with E-state index in [9.17, 15) is 5.26 Å². The number of rotatable bonds is 4. The summed E-state index contributed by atoms with van der Waals surface area (Å²) in [6.45, 7) is 7.76. The minimum atomic E-state index is -0.439. The minimum absolute atomic E-state index is 0.439. The zero-order valence-corrected chi connectivity index (χ0v) is 11.9. The van der Waals surface area contributed by atoms with Gasteiger partial charge in [-0.2, -0.15) is 5.26 Å². The topological polar surface area (TPSA) is 39.1 Å². The maximum atomic E-state index is 9.35. The summed E-state index contributed by atoms with van der Waals surface area (Å²) in [6, 6.07) is 11.1. The molecule has 0 saturated carbocycles. The number of hydrogen-bond donors (Lipinski definition) is 1. The quantitative estimate of drug-likeness (QED) is 0.896. The first kappa shape index (κ1) is 14.0. The predicted octanol–water partition coefficient (Wildman–Crippen LogP) is 1.98. The Morgan fingerprint density at radius 2 is 1.84 bits per heavy atom. The predicted molar refractivity (Wildman–Crippen MR) is 78.0 cm³/mol. The molecule has 1 aliphatic heterocycles. The van der Waals surface area contributed by atoms with E-state index in [0.717, 1.165) is 39.0 Å². The zero-order chi connectivity index (χ0) is 13.7. The van der Waals surface area contributed by atoms with Crippen LogP contribution in [0.2, 0.25) is 0 Å². The highest BCUT2D eigenvalue weighted by Crippen LogP contribution is 2.17. The molecule has 1 N–H and O–H groups in total. The zero-order valence-electron chi connectivity index (χ0n) is 11.9. The third kappa shape index (κ3) is 3.56. The first-order valence-electron chi connectivity index (χ1n) is 7.12. The summed E-state index contributed by atoms with van der Waals surface area (Å²) in [5, 5.41) is 12.6. The highest BCUT2D eigenvalue weighted by molar-refractivity contribution is 5.28. The summed E-state index contributed by atoms with van der Waals surface area (Å²) in [6.07, 6.45) is 2.17. The van der Waals surface area contributed by atoms with E-state index < -0.39 is 5.54 Å². The molecule has 3 nitrogen and oxygen atoms in total. The van der Waals surface area contributed by atoms with Crippen LogP contribution in [0, 0.1) is 11.3 Å². The van der Waals surface area contributed by atoms with E-state index in [4.69, 9.17) is 0 Å². The highest BCUT2D eigenvalue weighted by atomic mass is 15.2. The van der Waals surface area contributed by atoms with Crippen molar-refractivity contribution >= 4 is 0 Å². The molecule has 0 aliphatic carbocycles. The first-order chi connectivity index (χ1) is 9.17. The van der Waals surface area contributed by atoms with Crippen molar-refractivity contribution in [2.24, 2.45) is 0 Å². The molecule has 0 amide bonds. The molecule has 1 aliphatic rings. The normalized spacial score (nSPS) is 19.0. The van der Waals surface area contributed by atoms with Crippen LogP contribution in [0.15, 0.2) is 24.3 Å². The molecule has 2 rings (SSSR count). The van der Waals surface area contributed by atoms with Gasteiger partial charge in [-0.1, -0.05) is 31.2 Å². The van der Waals surface area contributed by atoms with Crippen molar-refractivity contribution in [2.75, 3.05) is 26.2 Å². The van der Waals surface area contributed by atoms with Gasteiger partial charge in [-0.25, -0.2) is 0 Å².